The fraction of sp³-hybridized carbons (Fsp3) is 0.133. The predicted octanol–water partition coefficient (Wildman–Crippen LogP) is 3.71. The first-order chi connectivity index (χ1) is 10.2. The lowest BCUT2D eigenvalue weighted by Gasteiger charge is -2.11. The summed E-state index contributed by atoms with van der Waals surface area (Å²) in [6.07, 6.45) is 0. The third-order valence-corrected chi connectivity index (χ3v) is 4.15. The van der Waals surface area contributed by atoms with Crippen LogP contribution < -0.4 is 10.5 Å². The number of rotatable bonds is 6. The van der Waals surface area contributed by atoms with Crippen molar-refractivity contribution in [3.8, 4) is 5.75 Å². The van der Waals surface area contributed by atoms with Gasteiger partial charge in [0.25, 0.3) is 0 Å². The predicted molar refractivity (Wildman–Crippen MR) is 89.3 cm³/mol. The molecule has 0 aliphatic carbocycles. The van der Waals surface area contributed by atoms with E-state index in [1.54, 1.807) is 23.9 Å². The molecule has 2 aromatic carbocycles. The minimum atomic E-state index is 0.0296. The first-order valence-electron chi connectivity index (χ1n) is 6.29. The minimum absolute atomic E-state index is 0.0296. The lowest BCUT2D eigenvalue weighted by atomic mass is 10.2. The van der Waals surface area contributed by atoms with E-state index < -0.39 is 0 Å². The quantitative estimate of drug-likeness (QED) is 0.204. The van der Waals surface area contributed by atoms with E-state index >= 15 is 0 Å². The smallest absolute Gasteiger partial charge is 0.173 e. The van der Waals surface area contributed by atoms with Gasteiger partial charge in [-0.15, -0.1) is 11.8 Å². The van der Waals surface area contributed by atoms with Crippen molar-refractivity contribution in [1.82, 2.24) is 0 Å². The zero-order valence-corrected chi connectivity index (χ0v) is 13.6. The molecule has 0 atom stereocenters. The van der Waals surface area contributed by atoms with Crippen LogP contribution in [0, 0.1) is 0 Å². The highest BCUT2D eigenvalue weighted by molar-refractivity contribution is 9.10. The minimum Gasteiger partial charge on any atom is -0.492 e. The maximum absolute atomic E-state index is 8.81. The van der Waals surface area contributed by atoms with Gasteiger partial charge >= 0.3 is 0 Å². The van der Waals surface area contributed by atoms with Crippen molar-refractivity contribution in [2.45, 2.75) is 4.90 Å². The first-order valence-corrected chi connectivity index (χ1v) is 8.06. The summed E-state index contributed by atoms with van der Waals surface area (Å²) in [5, 5.41) is 11.8. The van der Waals surface area contributed by atoms with Crippen molar-refractivity contribution in [3.63, 3.8) is 0 Å². The van der Waals surface area contributed by atoms with Gasteiger partial charge in [-0.05, 0) is 30.3 Å². The summed E-state index contributed by atoms with van der Waals surface area (Å²) in [5.74, 6) is 1.44. The van der Waals surface area contributed by atoms with Crippen LogP contribution >= 0.6 is 27.7 Å². The Bertz CT molecular complexity index is 620. The number of nitrogens with two attached hydrogens (primary N) is 1. The van der Waals surface area contributed by atoms with Crippen molar-refractivity contribution in [1.29, 1.82) is 0 Å². The van der Waals surface area contributed by atoms with Gasteiger partial charge in [-0.2, -0.15) is 0 Å². The van der Waals surface area contributed by atoms with Crippen LogP contribution in [0.3, 0.4) is 0 Å². The van der Waals surface area contributed by atoms with E-state index in [1.807, 2.05) is 24.3 Å². The molecule has 0 aliphatic rings. The lowest BCUT2D eigenvalue weighted by molar-refractivity contribution is 0.317. The van der Waals surface area contributed by atoms with Crippen LogP contribution in [-0.4, -0.2) is 23.4 Å². The second-order valence-electron chi connectivity index (χ2n) is 4.14. The highest BCUT2D eigenvalue weighted by Gasteiger charge is 2.09. The fourth-order valence-electron chi connectivity index (χ4n) is 1.71. The van der Waals surface area contributed by atoms with Crippen LogP contribution in [0.1, 0.15) is 5.56 Å². The number of hydrogen-bond donors (Lipinski definition) is 2. The van der Waals surface area contributed by atoms with E-state index in [4.69, 9.17) is 15.7 Å². The van der Waals surface area contributed by atoms with E-state index in [1.165, 1.54) is 4.90 Å². The molecule has 6 heteroatoms. The number of nitrogens with zero attached hydrogens (tertiary/aromatic N) is 1. The maximum Gasteiger partial charge on any atom is 0.173 e. The van der Waals surface area contributed by atoms with Gasteiger partial charge in [0.2, 0.25) is 0 Å². The molecule has 0 amide bonds. The molecule has 110 valence electrons. The lowest BCUT2D eigenvalue weighted by Crippen LogP contribution is -2.15. The Balaban J connectivity index is 1.94. The number of thioether (sulfide) groups is 1. The second kappa shape index (κ2) is 7.95. The molecule has 0 radical (unpaired) electrons. The van der Waals surface area contributed by atoms with Crippen molar-refractivity contribution in [2.75, 3.05) is 12.4 Å². The monoisotopic (exact) mass is 366 g/mol. The Morgan fingerprint density at radius 1 is 1.24 bits per heavy atom. The number of benzene rings is 2. The highest BCUT2D eigenvalue weighted by atomic mass is 79.9. The summed E-state index contributed by atoms with van der Waals surface area (Å²) < 4.78 is 6.57. The fourth-order valence-corrected chi connectivity index (χ4v) is 2.82. The molecular formula is C15H15BrN2O2S. The summed E-state index contributed by atoms with van der Waals surface area (Å²) in [5.41, 5.74) is 6.22. The molecule has 0 unspecified atom stereocenters. The van der Waals surface area contributed by atoms with E-state index in [2.05, 4.69) is 33.2 Å². The zero-order chi connectivity index (χ0) is 15.1. The van der Waals surface area contributed by atoms with Gasteiger partial charge in [0.15, 0.2) is 5.84 Å². The average molecular weight is 367 g/mol. The van der Waals surface area contributed by atoms with Crippen molar-refractivity contribution < 1.29 is 9.94 Å². The second-order valence-corrected chi connectivity index (χ2v) is 6.22. The number of halogens is 1. The van der Waals surface area contributed by atoms with Gasteiger partial charge in [0.05, 0.1) is 12.2 Å². The number of amidine groups is 1. The number of oxime groups is 1. The third kappa shape index (κ3) is 4.68. The summed E-state index contributed by atoms with van der Waals surface area (Å²) >= 11 is 5.07. The van der Waals surface area contributed by atoms with Crippen LogP contribution in [0.5, 0.6) is 5.75 Å². The van der Waals surface area contributed by atoms with Crippen molar-refractivity contribution in [2.24, 2.45) is 10.9 Å². The molecule has 2 rings (SSSR count). The Labute approximate surface area is 136 Å². The van der Waals surface area contributed by atoms with Crippen LogP contribution in [-0.2, 0) is 0 Å². The summed E-state index contributed by atoms with van der Waals surface area (Å²) in [7, 11) is 0. The molecule has 0 fully saturated rings. The normalized spacial score (nSPS) is 11.4. The van der Waals surface area contributed by atoms with E-state index in [9.17, 15) is 0 Å². The van der Waals surface area contributed by atoms with Crippen LogP contribution in [0.2, 0.25) is 0 Å². The summed E-state index contributed by atoms with van der Waals surface area (Å²) in [6, 6.07) is 15.5. The Kier molecular flexibility index (Phi) is 5.95. The first kappa shape index (κ1) is 15.7. The number of ether oxygens (including phenoxy) is 1. The van der Waals surface area contributed by atoms with E-state index in [0.29, 0.717) is 17.9 Å². The Hall–Kier alpha value is -1.66. The molecule has 2 aromatic rings. The molecule has 0 spiro atoms. The Morgan fingerprint density at radius 2 is 2.00 bits per heavy atom. The maximum atomic E-state index is 8.81. The highest BCUT2D eigenvalue weighted by Crippen LogP contribution is 2.24. The van der Waals surface area contributed by atoms with Crippen LogP contribution in [0.4, 0.5) is 0 Å². The molecule has 3 N–H and O–H groups in total. The molecule has 0 aromatic heterocycles. The molecular weight excluding hydrogens is 352 g/mol. The topological polar surface area (TPSA) is 67.8 Å². The zero-order valence-electron chi connectivity index (χ0n) is 11.2. The van der Waals surface area contributed by atoms with Crippen LogP contribution in [0.25, 0.3) is 0 Å². The SMILES string of the molecule is N/C(=N/O)c1cc(Br)ccc1OCCSc1ccccc1. The average Bonchev–Trinajstić information content (AvgIpc) is 2.53. The van der Waals surface area contributed by atoms with Gasteiger partial charge in [0.1, 0.15) is 5.75 Å². The van der Waals surface area contributed by atoms with E-state index in [0.717, 1.165) is 10.2 Å². The standard InChI is InChI=1S/C15H15BrN2O2S/c16-11-6-7-14(13(10-11)15(17)18-19)20-8-9-21-12-4-2-1-3-5-12/h1-7,10,19H,8-9H2,(H2,17,18). The molecule has 0 saturated heterocycles. The van der Waals surface area contributed by atoms with Gasteiger partial charge in [0, 0.05) is 15.1 Å². The van der Waals surface area contributed by atoms with Crippen molar-refractivity contribution >= 4 is 33.5 Å². The summed E-state index contributed by atoms with van der Waals surface area (Å²) in [4.78, 5) is 1.20. The molecule has 0 saturated carbocycles. The summed E-state index contributed by atoms with van der Waals surface area (Å²) in [6.45, 7) is 0.535. The Morgan fingerprint density at radius 3 is 2.71 bits per heavy atom. The largest absolute Gasteiger partial charge is 0.492 e. The van der Waals surface area contributed by atoms with Crippen molar-refractivity contribution in [3.05, 3.63) is 58.6 Å². The third-order valence-electron chi connectivity index (χ3n) is 2.68. The number of hydrogen-bond acceptors (Lipinski definition) is 4. The van der Waals surface area contributed by atoms with Gasteiger partial charge in [-0.1, -0.05) is 39.3 Å². The van der Waals surface area contributed by atoms with Crippen LogP contribution in [0.15, 0.2) is 63.1 Å². The van der Waals surface area contributed by atoms with Gasteiger partial charge < -0.3 is 15.7 Å². The molecule has 0 heterocycles. The molecule has 21 heavy (non-hydrogen) atoms. The molecule has 4 nitrogen and oxygen atoms in total. The molecule has 0 bridgehead atoms. The van der Waals surface area contributed by atoms with E-state index in [-0.39, 0.29) is 5.84 Å². The van der Waals surface area contributed by atoms with Gasteiger partial charge in [-0.3, -0.25) is 0 Å². The molecule has 0 aliphatic heterocycles. The van der Waals surface area contributed by atoms with Gasteiger partial charge in [-0.25, -0.2) is 0 Å².